The van der Waals surface area contributed by atoms with E-state index in [0.717, 1.165) is 30.5 Å². The van der Waals surface area contributed by atoms with Gasteiger partial charge in [0.15, 0.2) is 0 Å². The Morgan fingerprint density at radius 2 is 1.61 bits per heavy atom. The van der Waals surface area contributed by atoms with Crippen molar-refractivity contribution >= 4 is 31.9 Å². The largest absolute Gasteiger partial charge is 0.340 e. The van der Waals surface area contributed by atoms with Gasteiger partial charge in [0.05, 0.1) is 10.8 Å². The second kappa shape index (κ2) is 9.81. The number of hydrogen-bond acceptors (Lipinski definition) is 4. The SMILES string of the molecule is O=C([C@@H]1CCCN(S(=O)(=O)c2ccc(Br)cc2)C1)N1CCN(Cc2ccccc2)CC1. The number of rotatable bonds is 5. The minimum Gasteiger partial charge on any atom is -0.340 e. The number of carbonyl (C=O) groups is 1. The molecule has 2 fully saturated rings. The van der Waals surface area contributed by atoms with Gasteiger partial charge in [-0.05, 0) is 42.7 Å². The fraction of sp³-hybridized carbons (Fsp3) is 0.435. The third-order valence-corrected chi connectivity index (χ3v) is 8.53. The average molecular weight is 506 g/mol. The van der Waals surface area contributed by atoms with Crippen molar-refractivity contribution in [2.24, 2.45) is 5.92 Å². The summed E-state index contributed by atoms with van der Waals surface area (Å²) in [5.74, 6) is -0.172. The Kier molecular flexibility index (Phi) is 7.11. The summed E-state index contributed by atoms with van der Waals surface area (Å²) in [6.07, 6.45) is 1.45. The molecule has 4 rings (SSSR count). The fourth-order valence-electron chi connectivity index (χ4n) is 4.34. The van der Waals surface area contributed by atoms with Gasteiger partial charge in [0, 0.05) is 50.3 Å². The minimum absolute atomic E-state index is 0.0927. The summed E-state index contributed by atoms with van der Waals surface area (Å²) in [4.78, 5) is 17.7. The lowest BCUT2D eigenvalue weighted by Crippen LogP contribution is -2.52. The van der Waals surface area contributed by atoms with Crippen LogP contribution in [0.2, 0.25) is 0 Å². The van der Waals surface area contributed by atoms with E-state index >= 15 is 0 Å². The standard InChI is InChI=1S/C23H28BrN3O3S/c24-21-8-10-22(11-9-21)31(29,30)27-12-4-7-20(18-27)23(28)26-15-13-25(14-16-26)17-19-5-2-1-3-6-19/h1-3,5-6,8-11,20H,4,7,12-18H2/t20-/m1/s1. The zero-order valence-electron chi connectivity index (χ0n) is 17.5. The van der Waals surface area contributed by atoms with Crippen LogP contribution in [0.25, 0.3) is 0 Å². The second-order valence-corrected chi connectivity index (χ2v) is 11.1. The fourth-order valence-corrected chi connectivity index (χ4v) is 6.13. The molecule has 0 bridgehead atoms. The lowest BCUT2D eigenvalue weighted by molar-refractivity contribution is -0.138. The van der Waals surface area contributed by atoms with Crippen molar-refractivity contribution in [1.82, 2.24) is 14.1 Å². The van der Waals surface area contributed by atoms with Crippen LogP contribution >= 0.6 is 15.9 Å². The van der Waals surface area contributed by atoms with Crippen LogP contribution in [0.5, 0.6) is 0 Å². The van der Waals surface area contributed by atoms with E-state index in [9.17, 15) is 13.2 Å². The van der Waals surface area contributed by atoms with Crippen molar-refractivity contribution in [3.8, 4) is 0 Å². The number of nitrogens with zero attached hydrogens (tertiary/aromatic N) is 3. The first-order valence-corrected chi connectivity index (χ1v) is 13.0. The van der Waals surface area contributed by atoms with Crippen molar-refractivity contribution in [3.63, 3.8) is 0 Å². The predicted octanol–water partition coefficient (Wildman–Crippen LogP) is 3.19. The van der Waals surface area contributed by atoms with E-state index in [1.54, 1.807) is 24.3 Å². The third-order valence-electron chi connectivity index (χ3n) is 6.12. The Morgan fingerprint density at radius 3 is 2.29 bits per heavy atom. The van der Waals surface area contributed by atoms with Crippen LogP contribution in [0.15, 0.2) is 64.0 Å². The molecule has 2 heterocycles. The number of carbonyl (C=O) groups excluding carboxylic acids is 1. The normalized spacial score (nSPS) is 21.2. The molecule has 2 aromatic carbocycles. The molecule has 8 heteroatoms. The van der Waals surface area contributed by atoms with E-state index in [2.05, 4.69) is 33.0 Å². The van der Waals surface area contributed by atoms with Gasteiger partial charge in [-0.25, -0.2) is 8.42 Å². The lowest BCUT2D eigenvalue weighted by Gasteiger charge is -2.38. The highest BCUT2D eigenvalue weighted by atomic mass is 79.9. The molecule has 2 aliphatic heterocycles. The van der Waals surface area contributed by atoms with E-state index in [1.807, 2.05) is 23.1 Å². The van der Waals surface area contributed by atoms with E-state index in [-0.39, 0.29) is 23.3 Å². The number of sulfonamides is 1. The first kappa shape index (κ1) is 22.5. The Morgan fingerprint density at radius 1 is 0.935 bits per heavy atom. The molecule has 0 saturated carbocycles. The molecule has 1 amide bonds. The van der Waals surface area contributed by atoms with Crippen LogP contribution in [0.3, 0.4) is 0 Å². The van der Waals surface area contributed by atoms with Gasteiger partial charge in [-0.3, -0.25) is 9.69 Å². The van der Waals surface area contributed by atoms with E-state index in [1.165, 1.54) is 9.87 Å². The van der Waals surface area contributed by atoms with Crippen molar-refractivity contribution in [3.05, 3.63) is 64.6 Å². The monoisotopic (exact) mass is 505 g/mol. The van der Waals surface area contributed by atoms with Gasteiger partial charge in [0.1, 0.15) is 0 Å². The number of halogens is 1. The number of amides is 1. The van der Waals surface area contributed by atoms with Crippen molar-refractivity contribution in [1.29, 1.82) is 0 Å². The van der Waals surface area contributed by atoms with Gasteiger partial charge >= 0.3 is 0 Å². The van der Waals surface area contributed by atoms with Gasteiger partial charge < -0.3 is 4.90 Å². The third kappa shape index (κ3) is 5.37. The van der Waals surface area contributed by atoms with Crippen LogP contribution in [0.1, 0.15) is 18.4 Å². The van der Waals surface area contributed by atoms with Gasteiger partial charge in [-0.2, -0.15) is 4.31 Å². The molecule has 2 aromatic rings. The molecule has 2 saturated heterocycles. The highest BCUT2D eigenvalue weighted by Gasteiger charge is 2.35. The van der Waals surface area contributed by atoms with Crippen LogP contribution in [-0.4, -0.2) is 67.7 Å². The molecule has 31 heavy (non-hydrogen) atoms. The highest BCUT2D eigenvalue weighted by molar-refractivity contribution is 9.10. The Labute approximate surface area is 193 Å². The summed E-state index contributed by atoms with van der Waals surface area (Å²) in [6, 6.07) is 17.0. The molecule has 1 atom stereocenters. The average Bonchev–Trinajstić information content (AvgIpc) is 2.80. The molecule has 6 nitrogen and oxygen atoms in total. The summed E-state index contributed by atoms with van der Waals surface area (Å²) in [6.45, 7) is 4.70. The first-order chi connectivity index (χ1) is 14.9. The maximum atomic E-state index is 13.2. The summed E-state index contributed by atoms with van der Waals surface area (Å²) in [5.41, 5.74) is 1.28. The maximum Gasteiger partial charge on any atom is 0.243 e. The molecule has 0 radical (unpaired) electrons. The molecule has 2 aliphatic rings. The quantitative estimate of drug-likeness (QED) is 0.625. The minimum atomic E-state index is -3.59. The number of benzene rings is 2. The zero-order chi connectivity index (χ0) is 21.8. The predicted molar refractivity (Wildman–Crippen MR) is 124 cm³/mol. The molecular weight excluding hydrogens is 478 g/mol. The number of piperazine rings is 1. The topological polar surface area (TPSA) is 60.9 Å². The summed E-state index contributed by atoms with van der Waals surface area (Å²) >= 11 is 3.34. The van der Waals surface area contributed by atoms with E-state index in [0.29, 0.717) is 26.1 Å². The number of piperidine rings is 1. The summed E-state index contributed by atoms with van der Waals surface area (Å²) in [5, 5.41) is 0. The van der Waals surface area contributed by atoms with Crippen LogP contribution < -0.4 is 0 Å². The Hall–Kier alpha value is -1.74. The van der Waals surface area contributed by atoms with Crippen LogP contribution in [0.4, 0.5) is 0 Å². The second-order valence-electron chi connectivity index (χ2n) is 8.24. The summed E-state index contributed by atoms with van der Waals surface area (Å²) in [7, 11) is -3.59. The smallest absolute Gasteiger partial charge is 0.243 e. The first-order valence-electron chi connectivity index (χ1n) is 10.7. The lowest BCUT2D eigenvalue weighted by atomic mass is 9.97. The van der Waals surface area contributed by atoms with E-state index in [4.69, 9.17) is 0 Å². The zero-order valence-corrected chi connectivity index (χ0v) is 19.9. The van der Waals surface area contributed by atoms with Gasteiger partial charge in [0.2, 0.25) is 15.9 Å². The molecule has 0 aromatic heterocycles. The molecule has 0 spiro atoms. The number of hydrogen-bond donors (Lipinski definition) is 0. The van der Waals surface area contributed by atoms with Crippen molar-refractivity contribution < 1.29 is 13.2 Å². The molecule has 0 N–H and O–H groups in total. The molecular formula is C23H28BrN3O3S. The summed E-state index contributed by atoms with van der Waals surface area (Å²) < 4.78 is 28.4. The van der Waals surface area contributed by atoms with Crippen molar-refractivity contribution in [2.75, 3.05) is 39.3 Å². The highest BCUT2D eigenvalue weighted by Crippen LogP contribution is 2.26. The maximum absolute atomic E-state index is 13.2. The molecule has 0 unspecified atom stereocenters. The molecule has 166 valence electrons. The van der Waals surface area contributed by atoms with Crippen LogP contribution in [-0.2, 0) is 21.4 Å². The Balaban J connectivity index is 1.34. The van der Waals surface area contributed by atoms with E-state index < -0.39 is 10.0 Å². The van der Waals surface area contributed by atoms with Crippen molar-refractivity contribution in [2.45, 2.75) is 24.3 Å². The Bertz CT molecular complexity index is 990. The van der Waals surface area contributed by atoms with Gasteiger partial charge in [-0.1, -0.05) is 46.3 Å². The van der Waals surface area contributed by atoms with Gasteiger partial charge in [0.25, 0.3) is 0 Å². The molecule has 0 aliphatic carbocycles. The van der Waals surface area contributed by atoms with Crippen LogP contribution in [0, 0.1) is 5.92 Å². The van der Waals surface area contributed by atoms with Gasteiger partial charge in [-0.15, -0.1) is 0 Å².